The molecule has 0 radical (unpaired) electrons. The number of allylic oxidation sites excluding steroid dienone is 1. The van der Waals surface area contributed by atoms with Gasteiger partial charge in [0.1, 0.15) is 18.2 Å². The number of nitrogens with zero attached hydrogens (tertiary/aromatic N) is 1. The van der Waals surface area contributed by atoms with Crippen molar-refractivity contribution in [3.63, 3.8) is 0 Å². The van der Waals surface area contributed by atoms with Crippen molar-refractivity contribution in [1.29, 1.82) is 0 Å². The van der Waals surface area contributed by atoms with E-state index in [-0.39, 0.29) is 0 Å². The summed E-state index contributed by atoms with van der Waals surface area (Å²) in [5.74, 6) is 0. The van der Waals surface area contributed by atoms with Gasteiger partial charge in [-0.3, -0.25) is 0 Å². The van der Waals surface area contributed by atoms with Crippen LogP contribution in [-0.4, -0.2) is 0 Å². The molecule has 0 saturated carbocycles. The van der Waals surface area contributed by atoms with Crippen LogP contribution in [0.3, 0.4) is 0 Å². The molecule has 39 heavy (non-hydrogen) atoms. The van der Waals surface area contributed by atoms with Gasteiger partial charge in [-0.25, -0.2) is 4.57 Å². The number of aromatic nitrogens is 1. The van der Waals surface area contributed by atoms with Gasteiger partial charge < -0.3 is 4.42 Å². The van der Waals surface area contributed by atoms with Crippen LogP contribution in [0.1, 0.15) is 33.4 Å². The Labute approximate surface area is 230 Å². The van der Waals surface area contributed by atoms with Crippen LogP contribution in [0.5, 0.6) is 0 Å². The summed E-state index contributed by atoms with van der Waals surface area (Å²) >= 11 is 0. The van der Waals surface area contributed by atoms with Crippen LogP contribution >= 0.6 is 0 Å². The van der Waals surface area contributed by atoms with E-state index in [0.29, 0.717) is 0 Å². The number of fused-ring (bicyclic) bond motifs is 3. The van der Waals surface area contributed by atoms with Crippen LogP contribution in [0, 0.1) is 27.7 Å². The minimum absolute atomic E-state index is 0.848. The van der Waals surface area contributed by atoms with E-state index >= 15 is 0 Å². The second kappa shape index (κ2) is 10.0. The summed E-state index contributed by atoms with van der Waals surface area (Å²) in [7, 11) is 2.12. The highest BCUT2D eigenvalue weighted by Crippen LogP contribution is 2.34. The van der Waals surface area contributed by atoms with Crippen molar-refractivity contribution in [3.8, 4) is 22.4 Å². The lowest BCUT2D eigenvalue weighted by molar-refractivity contribution is -0.660. The van der Waals surface area contributed by atoms with Crippen LogP contribution in [0.2, 0.25) is 0 Å². The molecule has 0 aliphatic heterocycles. The lowest BCUT2D eigenvalue weighted by atomic mass is 9.94. The molecule has 0 unspecified atom stereocenters. The molecule has 0 fully saturated rings. The molecule has 0 saturated heterocycles. The fourth-order valence-electron chi connectivity index (χ4n) is 5.79. The fraction of sp³-hybridized carbons (Fsp3) is 0.162. The molecule has 6 aromatic rings. The van der Waals surface area contributed by atoms with Gasteiger partial charge in [0.2, 0.25) is 5.69 Å². The first-order chi connectivity index (χ1) is 18.9. The van der Waals surface area contributed by atoms with E-state index in [2.05, 4.69) is 143 Å². The summed E-state index contributed by atoms with van der Waals surface area (Å²) in [6.07, 6.45) is 7.55. The van der Waals surface area contributed by atoms with Crippen LogP contribution in [0.25, 0.3) is 50.4 Å². The third-order valence-electron chi connectivity index (χ3n) is 7.95. The van der Waals surface area contributed by atoms with Gasteiger partial charge in [-0.05, 0) is 90.8 Å². The maximum Gasteiger partial charge on any atom is 0.213 e. The minimum Gasteiger partial charge on any atom is -0.456 e. The van der Waals surface area contributed by atoms with E-state index < -0.39 is 0 Å². The van der Waals surface area contributed by atoms with E-state index in [9.17, 15) is 0 Å². The number of hydrogen-bond donors (Lipinski definition) is 0. The SMILES string of the molecule is Cc1ccc2c(c1)oc1c(C)c(C/C=C/c3ccccc3-c3cc(-c4c(C)cccc4C)cc[n+]3C)ccc12. The zero-order chi connectivity index (χ0) is 27.1. The lowest BCUT2D eigenvalue weighted by Crippen LogP contribution is -2.30. The first-order valence-electron chi connectivity index (χ1n) is 13.6. The van der Waals surface area contributed by atoms with Crippen molar-refractivity contribution in [2.75, 3.05) is 0 Å². The van der Waals surface area contributed by atoms with Gasteiger partial charge in [-0.1, -0.05) is 72.8 Å². The summed E-state index contributed by atoms with van der Waals surface area (Å²) in [5, 5.41) is 2.38. The molecule has 0 N–H and O–H groups in total. The smallest absolute Gasteiger partial charge is 0.213 e. The highest BCUT2D eigenvalue weighted by atomic mass is 16.3. The Morgan fingerprint density at radius 1 is 0.769 bits per heavy atom. The van der Waals surface area contributed by atoms with Gasteiger partial charge in [-0.15, -0.1) is 0 Å². The maximum atomic E-state index is 6.30. The molecule has 6 rings (SSSR count). The summed E-state index contributed by atoms with van der Waals surface area (Å²) in [6, 6.07) is 30.6. The molecule has 0 amide bonds. The molecule has 0 aliphatic carbocycles. The number of rotatable bonds is 5. The molecular formula is C37H34NO+. The highest BCUT2D eigenvalue weighted by molar-refractivity contribution is 6.06. The van der Waals surface area contributed by atoms with Gasteiger partial charge >= 0.3 is 0 Å². The first-order valence-corrected chi connectivity index (χ1v) is 13.6. The Balaban J connectivity index is 1.34. The maximum absolute atomic E-state index is 6.30. The molecule has 2 heteroatoms. The number of benzene rings is 4. The summed E-state index contributed by atoms with van der Waals surface area (Å²) in [4.78, 5) is 0. The molecule has 2 aromatic heterocycles. The topological polar surface area (TPSA) is 17.0 Å². The number of hydrogen-bond acceptors (Lipinski definition) is 1. The highest BCUT2D eigenvalue weighted by Gasteiger charge is 2.16. The van der Waals surface area contributed by atoms with Crippen molar-refractivity contribution >= 4 is 28.0 Å². The zero-order valence-corrected chi connectivity index (χ0v) is 23.4. The molecule has 0 aliphatic rings. The van der Waals surface area contributed by atoms with E-state index in [1.165, 1.54) is 66.5 Å². The number of aryl methyl sites for hydroxylation is 5. The Hall–Kier alpha value is -4.43. The lowest BCUT2D eigenvalue weighted by Gasteiger charge is -2.11. The Morgan fingerprint density at radius 3 is 2.36 bits per heavy atom. The van der Waals surface area contributed by atoms with Crippen molar-refractivity contribution in [2.45, 2.75) is 34.1 Å². The minimum atomic E-state index is 0.848. The second-order valence-corrected chi connectivity index (χ2v) is 10.7. The van der Waals surface area contributed by atoms with E-state index in [0.717, 1.165) is 17.6 Å². The predicted octanol–water partition coefficient (Wildman–Crippen LogP) is 9.23. The normalized spacial score (nSPS) is 11.7. The molecule has 0 bridgehead atoms. The van der Waals surface area contributed by atoms with Crippen LogP contribution in [-0.2, 0) is 13.5 Å². The van der Waals surface area contributed by atoms with E-state index in [4.69, 9.17) is 4.42 Å². The first kappa shape index (κ1) is 24.9. The Bertz CT molecular complexity index is 1870. The van der Waals surface area contributed by atoms with Crippen LogP contribution < -0.4 is 4.57 Å². The second-order valence-electron chi connectivity index (χ2n) is 10.7. The Morgan fingerprint density at radius 2 is 1.54 bits per heavy atom. The summed E-state index contributed by atoms with van der Waals surface area (Å²) in [6.45, 7) is 8.66. The fourth-order valence-corrected chi connectivity index (χ4v) is 5.79. The van der Waals surface area contributed by atoms with Crippen molar-refractivity contribution < 1.29 is 8.98 Å². The van der Waals surface area contributed by atoms with Gasteiger partial charge in [0.25, 0.3) is 0 Å². The molecular weight excluding hydrogens is 474 g/mol. The molecule has 192 valence electrons. The molecule has 2 heterocycles. The predicted molar refractivity (Wildman–Crippen MR) is 164 cm³/mol. The van der Waals surface area contributed by atoms with Crippen molar-refractivity contribution in [3.05, 3.63) is 131 Å². The quantitative estimate of drug-likeness (QED) is 0.212. The van der Waals surface area contributed by atoms with Crippen LogP contribution in [0.4, 0.5) is 0 Å². The summed E-state index contributed by atoms with van der Waals surface area (Å²) in [5.41, 5.74) is 14.5. The average Bonchev–Trinajstić information content (AvgIpc) is 3.29. The standard InChI is InChI=1S/C37H34NO/c1-24-16-18-32-33-19-17-28(27(4)37(33)39-35(32)22-24)13-9-14-29-12-6-7-15-31(29)34-23-30(20-21-38(34)5)36-25(2)10-8-11-26(36)3/h6-12,14-23H,13H2,1-5H3/q+1/b14-9+. The van der Waals surface area contributed by atoms with Crippen molar-refractivity contribution in [2.24, 2.45) is 7.05 Å². The Kier molecular flexibility index (Phi) is 6.40. The van der Waals surface area contributed by atoms with E-state index in [1.807, 2.05) is 0 Å². The van der Waals surface area contributed by atoms with Crippen LogP contribution in [0.15, 0.2) is 102 Å². The third-order valence-corrected chi connectivity index (χ3v) is 7.95. The number of furan rings is 1. The van der Waals surface area contributed by atoms with Gasteiger partial charge in [0.15, 0.2) is 6.20 Å². The number of pyridine rings is 1. The van der Waals surface area contributed by atoms with E-state index in [1.54, 1.807) is 0 Å². The molecule has 0 spiro atoms. The van der Waals surface area contributed by atoms with Gasteiger partial charge in [0.05, 0.1) is 5.56 Å². The molecule has 4 aromatic carbocycles. The largest absolute Gasteiger partial charge is 0.456 e. The monoisotopic (exact) mass is 508 g/mol. The molecule has 0 atom stereocenters. The summed E-state index contributed by atoms with van der Waals surface area (Å²) < 4.78 is 8.51. The van der Waals surface area contributed by atoms with Crippen molar-refractivity contribution in [1.82, 2.24) is 0 Å². The third kappa shape index (κ3) is 4.57. The van der Waals surface area contributed by atoms with Gasteiger partial charge in [0, 0.05) is 22.9 Å². The molecule has 2 nitrogen and oxygen atoms in total. The zero-order valence-electron chi connectivity index (χ0n) is 23.4. The average molecular weight is 509 g/mol. The van der Waals surface area contributed by atoms with Gasteiger partial charge in [-0.2, -0.15) is 0 Å².